The molecule has 13 rings (SSSR count). The Hall–Kier alpha value is -9.27. The van der Waals surface area contributed by atoms with Crippen LogP contribution < -0.4 is 30.9 Å². The fraction of sp³-hybridized carbons (Fsp3) is 0.417. The number of hydrogen-bond acceptors (Lipinski definition) is 21. The molecular formula is C72H84N14O10S. The van der Waals surface area contributed by atoms with Gasteiger partial charge in [0.2, 0.25) is 0 Å². The third kappa shape index (κ3) is 19.1. The fourth-order valence-electron chi connectivity index (χ4n) is 12.7. The Kier molecular flexibility index (Phi) is 23.3. The Bertz CT molecular complexity index is 4310. The SMILES string of the molecule is CN1CCN(Cc2ccc(C3CCC(Oc4nc(-c5ccncn5)cc(=O)n4C)CC3)cc2)CC1.Cn1c(OC2CCC(c3ccc(CO)cc3)CC2)nc(-c2ccncn2)cc1=O.Cn1c(OC2CCC(c3ccc(COS(C)(=O)=O)cc3)CC2)nc(-c2ccncn2)cc1=O. The maximum absolute atomic E-state index is 12.5. The first kappa shape index (κ1) is 69.1. The van der Waals surface area contributed by atoms with Crippen molar-refractivity contribution in [2.75, 3.05) is 39.5 Å². The molecule has 0 unspecified atom stereocenters. The standard InChI is InChI=1S/C27H34N6O2.C23H26N4O5S.C22H24N4O3/c1-31-13-15-33(16-14-31)18-20-3-5-21(6-4-20)22-7-9-23(10-8-22)35-27-30-25(17-26(34)32(27)2)24-11-12-28-19-29-24;1-27-22(28)13-21(20-11-12-24-15-25-20)26-23(27)32-19-9-7-18(8-10-19)17-5-3-16(4-6-17)14-31-33(2,29)30;1-26-21(28)12-20(19-10-11-23-14-24-19)25-22(26)29-18-8-6-17(7-9-18)16-4-2-15(13-27)3-5-16/h3-6,11-12,17,19,22-23H,7-10,13-16,18H2,1-2H3;3-6,11-13,15,18-19H,7-10,14H2,1-2H3;2-5,10-12,14,17-18,27H,6-9,13H2,1H3. The van der Waals surface area contributed by atoms with Gasteiger partial charge in [-0.15, -0.1) is 0 Å². The van der Waals surface area contributed by atoms with Crippen molar-refractivity contribution >= 4 is 10.1 Å². The Labute approximate surface area is 564 Å². The van der Waals surface area contributed by atoms with Crippen molar-refractivity contribution in [3.63, 3.8) is 0 Å². The van der Waals surface area contributed by atoms with E-state index >= 15 is 0 Å². The minimum atomic E-state index is -3.46. The van der Waals surface area contributed by atoms with E-state index in [0.29, 0.717) is 63.9 Å². The quantitative estimate of drug-likeness (QED) is 0.0786. The summed E-state index contributed by atoms with van der Waals surface area (Å²) in [6.07, 6.45) is 21.7. The van der Waals surface area contributed by atoms with Crippen LogP contribution in [-0.4, -0.2) is 140 Å². The van der Waals surface area contributed by atoms with Gasteiger partial charge >= 0.3 is 0 Å². The van der Waals surface area contributed by atoms with Gasteiger partial charge in [-0.3, -0.25) is 37.2 Å². The third-order valence-electron chi connectivity index (χ3n) is 18.6. The van der Waals surface area contributed by atoms with Crippen LogP contribution in [-0.2, 0) is 55.2 Å². The Morgan fingerprint density at radius 3 is 1.07 bits per heavy atom. The van der Waals surface area contributed by atoms with E-state index in [1.165, 1.54) is 73.1 Å². The predicted molar refractivity (Wildman–Crippen MR) is 366 cm³/mol. The molecule has 4 aliphatic rings. The number of rotatable bonds is 18. The highest BCUT2D eigenvalue weighted by Gasteiger charge is 2.29. The molecule has 0 amide bonds. The van der Waals surface area contributed by atoms with Crippen molar-refractivity contribution < 1.29 is 31.9 Å². The lowest BCUT2D eigenvalue weighted by atomic mass is 9.82. The van der Waals surface area contributed by atoms with Crippen molar-refractivity contribution in [3.8, 4) is 52.2 Å². The van der Waals surface area contributed by atoms with Gasteiger partial charge in [-0.05, 0) is 153 Å². The average molecular weight is 1340 g/mol. The summed E-state index contributed by atoms with van der Waals surface area (Å²) in [4.78, 5) is 80.1. The monoisotopic (exact) mass is 1340 g/mol. The molecule has 1 aliphatic heterocycles. The van der Waals surface area contributed by atoms with Gasteiger partial charge in [0, 0.05) is 90.7 Å². The molecule has 24 nitrogen and oxygen atoms in total. The van der Waals surface area contributed by atoms with Crippen LogP contribution in [0.2, 0.25) is 0 Å². The van der Waals surface area contributed by atoms with Crippen molar-refractivity contribution in [1.82, 2.24) is 68.4 Å². The Balaban J connectivity index is 0.000000148. The van der Waals surface area contributed by atoms with Gasteiger partial charge in [-0.25, -0.2) is 29.9 Å². The summed E-state index contributed by atoms with van der Waals surface area (Å²) in [5, 5.41) is 9.19. The van der Waals surface area contributed by atoms with Crippen LogP contribution in [0.5, 0.6) is 18.0 Å². The molecule has 508 valence electrons. The normalized spacial score (nSPS) is 19.9. The highest BCUT2D eigenvalue weighted by atomic mass is 32.2. The molecule has 1 saturated heterocycles. The molecule has 1 N–H and O–H groups in total. The average Bonchev–Trinajstić information content (AvgIpc) is 0.902. The molecule has 25 heteroatoms. The third-order valence-corrected chi connectivity index (χ3v) is 19.2. The molecule has 4 fully saturated rings. The molecule has 6 aromatic heterocycles. The number of likely N-dealkylation sites (N-methyl/N-ethyl adjacent to an activating group) is 1. The van der Waals surface area contributed by atoms with Crippen LogP contribution in [0.15, 0.2) is 161 Å². The number of aromatic nitrogens is 12. The van der Waals surface area contributed by atoms with E-state index in [9.17, 15) is 27.9 Å². The van der Waals surface area contributed by atoms with Gasteiger partial charge in [-0.1, -0.05) is 72.8 Å². The van der Waals surface area contributed by atoms with Crippen LogP contribution in [0.1, 0.15) is 128 Å². The van der Waals surface area contributed by atoms with E-state index in [0.717, 1.165) is 127 Å². The molecule has 0 radical (unpaired) electrons. The topological polar surface area (TPSA) is 280 Å². The lowest BCUT2D eigenvalue weighted by molar-refractivity contribution is 0.128. The minimum absolute atomic E-state index is 0.0255. The smallest absolute Gasteiger partial charge is 0.299 e. The van der Waals surface area contributed by atoms with Crippen molar-refractivity contribution in [3.05, 3.63) is 211 Å². The first-order chi connectivity index (χ1) is 47.0. The summed E-state index contributed by atoms with van der Waals surface area (Å²) in [7, 11) is 3.75. The van der Waals surface area contributed by atoms with E-state index in [1.54, 1.807) is 57.9 Å². The fourth-order valence-corrected chi connectivity index (χ4v) is 13.0. The highest BCUT2D eigenvalue weighted by Crippen LogP contribution is 2.38. The Morgan fingerprint density at radius 2 is 0.763 bits per heavy atom. The van der Waals surface area contributed by atoms with Gasteiger partial charge in [0.1, 0.15) is 37.3 Å². The second kappa shape index (κ2) is 32.6. The van der Waals surface area contributed by atoms with E-state index in [1.807, 2.05) is 36.4 Å². The lowest BCUT2D eigenvalue weighted by Gasteiger charge is -2.32. The summed E-state index contributed by atoms with van der Waals surface area (Å²) in [6, 6.07) is 35.8. The molecule has 0 atom stereocenters. The summed E-state index contributed by atoms with van der Waals surface area (Å²) < 4.78 is 49.9. The van der Waals surface area contributed by atoms with E-state index in [2.05, 4.69) is 98.1 Å². The van der Waals surface area contributed by atoms with Crippen LogP contribution in [0.25, 0.3) is 34.2 Å². The summed E-state index contributed by atoms with van der Waals surface area (Å²) >= 11 is 0. The van der Waals surface area contributed by atoms with E-state index in [-0.39, 0.29) is 54.2 Å². The second-order valence-electron chi connectivity index (χ2n) is 25.5. The van der Waals surface area contributed by atoms with Gasteiger partial charge in [0.15, 0.2) is 0 Å². The highest BCUT2D eigenvalue weighted by molar-refractivity contribution is 7.85. The van der Waals surface area contributed by atoms with Crippen LogP contribution >= 0.6 is 0 Å². The van der Waals surface area contributed by atoms with E-state index in [4.69, 9.17) is 18.4 Å². The zero-order chi connectivity index (χ0) is 67.8. The largest absolute Gasteiger partial charge is 0.461 e. The molecule has 7 heterocycles. The molecule has 0 spiro atoms. The number of hydrogen-bond donors (Lipinski definition) is 1. The molecule has 97 heavy (non-hydrogen) atoms. The zero-order valence-corrected chi connectivity index (χ0v) is 56.4. The Morgan fingerprint density at radius 1 is 0.433 bits per heavy atom. The first-order valence-electron chi connectivity index (χ1n) is 33.1. The molecule has 3 aromatic carbocycles. The van der Waals surface area contributed by atoms with E-state index < -0.39 is 10.1 Å². The van der Waals surface area contributed by atoms with Crippen molar-refractivity contribution in [2.45, 2.75) is 133 Å². The van der Waals surface area contributed by atoms with Crippen LogP contribution in [0.3, 0.4) is 0 Å². The van der Waals surface area contributed by atoms with Crippen LogP contribution in [0, 0.1) is 0 Å². The molecule has 0 bridgehead atoms. The summed E-state index contributed by atoms with van der Waals surface area (Å²) in [5.41, 5.74) is 9.78. The number of piperazine rings is 1. The van der Waals surface area contributed by atoms with Gasteiger partial charge in [-0.2, -0.15) is 23.4 Å². The number of ether oxygens (including phenoxy) is 3. The van der Waals surface area contributed by atoms with Crippen molar-refractivity contribution in [1.29, 1.82) is 0 Å². The summed E-state index contributed by atoms with van der Waals surface area (Å²) in [5.74, 6) is 1.45. The summed E-state index contributed by atoms with van der Waals surface area (Å²) in [6.45, 7) is 5.74. The first-order valence-corrected chi connectivity index (χ1v) is 34.9. The van der Waals surface area contributed by atoms with Gasteiger partial charge < -0.3 is 24.2 Å². The van der Waals surface area contributed by atoms with Gasteiger partial charge in [0.25, 0.3) is 44.8 Å². The molecule has 9 aromatic rings. The second-order valence-corrected chi connectivity index (χ2v) is 27.1. The molecule has 3 saturated carbocycles. The molecular weight excluding hydrogens is 1250 g/mol. The minimum Gasteiger partial charge on any atom is -0.461 e. The lowest BCUT2D eigenvalue weighted by Crippen LogP contribution is -2.43. The number of benzene rings is 3. The van der Waals surface area contributed by atoms with Gasteiger partial charge in [0.05, 0.1) is 53.6 Å². The maximum Gasteiger partial charge on any atom is 0.299 e. The predicted octanol–water partition coefficient (Wildman–Crippen LogP) is 8.74. The van der Waals surface area contributed by atoms with Crippen molar-refractivity contribution in [2.24, 2.45) is 21.1 Å². The number of nitrogens with zero attached hydrogens (tertiary/aromatic N) is 14. The number of aliphatic hydroxyl groups excluding tert-OH is 1. The zero-order valence-electron chi connectivity index (χ0n) is 55.5. The van der Waals surface area contributed by atoms with Crippen LogP contribution in [0.4, 0.5) is 0 Å². The number of aliphatic hydroxyl groups is 1. The molecule has 3 aliphatic carbocycles. The maximum atomic E-state index is 12.5.